The van der Waals surface area contributed by atoms with Crippen LogP contribution in [0.3, 0.4) is 0 Å². The molecule has 2 heterocycles. The fourth-order valence-corrected chi connectivity index (χ4v) is 2.82. The lowest BCUT2D eigenvalue weighted by atomic mass is 10.0. The first kappa shape index (κ1) is 16.8. The highest BCUT2D eigenvalue weighted by Gasteiger charge is 2.09. The Balaban J connectivity index is 1.77. The zero-order valence-electron chi connectivity index (χ0n) is 13.9. The van der Waals surface area contributed by atoms with E-state index in [1.54, 1.807) is 60.9 Å². The van der Waals surface area contributed by atoms with Crippen molar-refractivity contribution < 1.29 is 13.5 Å². The van der Waals surface area contributed by atoms with Crippen molar-refractivity contribution in [3.05, 3.63) is 83.4 Å². The first-order valence-electron chi connectivity index (χ1n) is 8.10. The van der Waals surface area contributed by atoms with Crippen LogP contribution in [0.15, 0.2) is 77.9 Å². The zero-order chi connectivity index (χ0) is 18.8. The molecule has 134 valence electrons. The third-order valence-corrected chi connectivity index (χ3v) is 4.05. The van der Waals surface area contributed by atoms with Gasteiger partial charge in [0.1, 0.15) is 5.75 Å². The second-order valence-electron chi connectivity index (χ2n) is 5.76. The van der Waals surface area contributed by atoms with E-state index >= 15 is 0 Å². The molecule has 0 aliphatic heterocycles. The van der Waals surface area contributed by atoms with Gasteiger partial charge in [0.15, 0.2) is 5.82 Å². The van der Waals surface area contributed by atoms with Crippen LogP contribution >= 0.6 is 0 Å². The number of hydrogen-bond acceptors (Lipinski definition) is 4. The highest BCUT2D eigenvalue weighted by atomic mass is 19.3. The van der Waals surface area contributed by atoms with E-state index in [0.29, 0.717) is 22.2 Å². The van der Waals surface area contributed by atoms with E-state index < -0.39 is 6.61 Å². The summed E-state index contributed by atoms with van der Waals surface area (Å²) < 4.78 is 30.5. The van der Waals surface area contributed by atoms with Crippen LogP contribution in [0.2, 0.25) is 0 Å². The predicted molar refractivity (Wildman–Crippen MR) is 97.2 cm³/mol. The maximum Gasteiger partial charge on any atom is 0.387 e. The Labute approximate surface area is 152 Å². The smallest absolute Gasteiger partial charge is 0.387 e. The van der Waals surface area contributed by atoms with Crippen LogP contribution in [0, 0.1) is 0 Å². The lowest BCUT2D eigenvalue weighted by Gasteiger charge is -2.09. The highest BCUT2D eigenvalue weighted by molar-refractivity contribution is 5.86. The molecular formula is C20H13F2N3O2. The van der Waals surface area contributed by atoms with Crippen molar-refractivity contribution in [2.75, 3.05) is 0 Å². The fourth-order valence-electron chi connectivity index (χ4n) is 2.82. The van der Waals surface area contributed by atoms with Gasteiger partial charge in [-0.2, -0.15) is 18.6 Å². The maximum atomic E-state index is 12.7. The van der Waals surface area contributed by atoms with Gasteiger partial charge in [-0.1, -0.05) is 24.3 Å². The van der Waals surface area contributed by atoms with Gasteiger partial charge < -0.3 is 4.74 Å². The van der Waals surface area contributed by atoms with Gasteiger partial charge in [-0.25, -0.2) is 4.98 Å². The minimum Gasteiger partial charge on any atom is -0.435 e. The molecule has 0 unspecified atom stereocenters. The summed E-state index contributed by atoms with van der Waals surface area (Å²) in [7, 11) is 0. The Morgan fingerprint density at radius 3 is 2.59 bits per heavy atom. The van der Waals surface area contributed by atoms with E-state index in [4.69, 9.17) is 0 Å². The SMILES string of the molecule is O=c1c2ccc(-c3cccc(OC(F)F)c3)cc2cnn1-c1ccccn1. The normalized spacial score (nSPS) is 11.1. The van der Waals surface area contributed by atoms with Gasteiger partial charge in [-0.15, -0.1) is 0 Å². The fraction of sp³-hybridized carbons (Fsp3) is 0.0500. The van der Waals surface area contributed by atoms with Crippen LogP contribution in [-0.2, 0) is 0 Å². The molecule has 0 bridgehead atoms. The molecule has 0 aliphatic carbocycles. The van der Waals surface area contributed by atoms with Crippen molar-refractivity contribution in [3.8, 4) is 22.7 Å². The van der Waals surface area contributed by atoms with Crippen LogP contribution in [0.5, 0.6) is 5.75 Å². The molecule has 0 aliphatic rings. The van der Waals surface area contributed by atoms with Gasteiger partial charge >= 0.3 is 6.61 Å². The Kier molecular flexibility index (Phi) is 4.33. The number of benzene rings is 2. The molecule has 7 heteroatoms. The lowest BCUT2D eigenvalue weighted by molar-refractivity contribution is -0.0498. The first-order chi connectivity index (χ1) is 13.1. The number of fused-ring (bicyclic) bond motifs is 1. The summed E-state index contributed by atoms with van der Waals surface area (Å²) in [6.07, 6.45) is 3.17. The van der Waals surface area contributed by atoms with E-state index in [-0.39, 0.29) is 11.3 Å². The molecule has 0 amide bonds. The van der Waals surface area contributed by atoms with Gasteiger partial charge in [-0.05, 0) is 47.5 Å². The van der Waals surface area contributed by atoms with Crippen LogP contribution < -0.4 is 10.3 Å². The predicted octanol–water partition coefficient (Wildman–Crippen LogP) is 4.05. The number of rotatable bonds is 4. The molecule has 0 spiro atoms. The van der Waals surface area contributed by atoms with Gasteiger partial charge in [-0.3, -0.25) is 4.79 Å². The van der Waals surface area contributed by atoms with Crippen molar-refractivity contribution in [2.24, 2.45) is 0 Å². The molecule has 0 fully saturated rings. The maximum absolute atomic E-state index is 12.7. The summed E-state index contributed by atoms with van der Waals surface area (Å²) in [6, 6.07) is 16.9. The Hall–Kier alpha value is -3.61. The molecule has 4 aromatic rings. The number of pyridine rings is 1. The number of ether oxygens (including phenoxy) is 1. The molecule has 2 aromatic carbocycles. The molecule has 2 aromatic heterocycles. The summed E-state index contributed by atoms with van der Waals surface area (Å²) in [6.45, 7) is -2.88. The van der Waals surface area contributed by atoms with Gasteiger partial charge in [0, 0.05) is 11.6 Å². The molecule has 4 rings (SSSR count). The number of hydrogen-bond donors (Lipinski definition) is 0. The number of halogens is 2. The number of nitrogens with zero attached hydrogens (tertiary/aromatic N) is 3. The number of aromatic nitrogens is 3. The second kappa shape index (κ2) is 6.95. The first-order valence-corrected chi connectivity index (χ1v) is 8.10. The zero-order valence-corrected chi connectivity index (χ0v) is 13.9. The van der Waals surface area contributed by atoms with Crippen LogP contribution in [0.4, 0.5) is 8.78 Å². The summed E-state index contributed by atoms with van der Waals surface area (Å²) in [5, 5.41) is 5.32. The molecule has 27 heavy (non-hydrogen) atoms. The van der Waals surface area contributed by atoms with Gasteiger partial charge in [0.25, 0.3) is 5.56 Å². The van der Waals surface area contributed by atoms with Gasteiger partial charge in [0.05, 0.1) is 11.6 Å². The molecule has 0 radical (unpaired) electrons. The topological polar surface area (TPSA) is 57.0 Å². The molecule has 0 atom stereocenters. The molecule has 5 nitrogen and oxygen atoms in total. The minimum atomic E-state index is -2.88. The van der Waals surface area contributed by atoms with E-state index in [9.17, 15) is 13.6 Å². The molecular weight excluding hydrogens is 352 g/mol. The van der Waals surface area contributed by atoms with E-state index in [0.717, 1.165) is 5.56 Å². The number of alkyl halides is 2. The van der Waals surface area contributed by atoms with Crippen LogP contribution in [0.1, 0.15) is 0 Å². The highest BCUT2D eigenvalue weighted by Crippen LogP contribution is 2.27. The summed E-state index contributed by atoms with van der Waals surface area (Å²) in [4.78, 5) is 16.8. The Morgan fingerprint density at radius 1 is 0.963 bits per heavy atom. The standard InChI is InChI=1S/C20H13F2N3O2/c21-20(22)27-16-5-3-4-13(11-16)14-7-8-17-15(10-14)12-24-25(19(17)26)18-6-1-2-9-23-18/h1-12,20H. The van der Waals surface area contributed by atoms with E-state index in [1.807, 2.05) is 0 Å². The monoisotopic (exact) mass is 365 g/mol. The average molecular weight is 365 g/mol. The van der Waals surface area contributed by atoms with E-state index in [1.165, 1.54) is 16.8 Å². The van der Waals surface area contributed by atoms with Crippen molar-refractivity contribution in [3.63, 3.8) is 0 Å². The molecule has 0 N–H and O–H groups in total. The lowest BCUT2D eigenvalue weighted by Crippen LogP contribution is -2.21. The van der Waals surface area contributed by atoms with Crippen LogP contribution in [-0.4, -0.2) is 21.4 Å². The Morgan fingerprint density at radius 2 is 1.81 bits per heavy atom. The largest absolute Gasteiger partial charge is 0.435 e. The third kappa shape index (κ3) is 3.39. The molecule has 0 saturated carbocycles. The van der Waals surface area contributed by atoms with Crippen molar-refractivity contribution in [1.82, 2.24) is 14.8 Å². The van der Waals surface area contributed by atoms with Gasteiger partial charge in [0.2, 0.25) is 0 Å². The van der Waals surface area contributed by atoms with Crippen molar-refractivity contribution in [2.45, 2.75) is 6.61 Å². The quantitative estimate of drug-likeness (QED) is 0.548. The minimum absolute atomic E-state index is 0.0753. The van der Waals surface area contributed by atoms with Crippen LogP contribution in [0.25, 0.3) is 27.7 Å². The summed E-state index contributed by atoms with van der Waals surface area (Å²) in [5.74, 6) is 0.511. The summed E-state index contributed by atoms with van der Waals surface area (Å²) in [5.41, 5.74) is 1.18. The average Bonchev–Trinajstić information content (AvgIpc) is 2.68. The van der Waals surface area contributed by atoms with E-state index in [2.05, 4.69) is 14.8 Å². The molecule has 0 saturated heterocycles. The summed E-state index contributed by atoms with van der Waals surface area (Å²) >= 11 is 0. The second-order valence-corrected chi connectivity index (χ2v) is 5.76. The van der Waals surface area contributed by atoms with Crippen molar-refractivity contribution >= 4 is 10.8 Å². The Bertz CT molecular complexity index is 1160. The third-order valence-electron chi connectivity index (χ3n) is 4.05. The van der Waals surface area contributed by atoms with Crippen molar-refractivity contribution in [1.29, 1.82) is 0 Å².